The number of nitrogens with zero attached hydrogens (tertiary/aromatic N) is 3. The zero-order chi connectivity index (χ0) is 27.2. The molecule has 3 fully saturated rings. The zero-order valence-electron chi connectivity index (χ0n) is 23.7. The highest BCUT2D eigenvalue weighted by molar-refractivity contribution is 5.94. The van der Waals surface area contributed by atoms with Crippen LogP contribution >= 0.6 is 0 Å². The van der Waals surface area contributed by atoms with Crippen molar-refractivity contribution >= 4 is 11.7 Å². The average Bonchev–Trinajstić information content (AvgIpc) is 2.97. The van der Waals surface area contributed by atoms with Crippen molar-refractivity contribution in [3.63, 3.8) is 0 Å². The molecule has 0 saturated carbocycles. The molecule has 0 bridgehead atoms. The van der Waals surface area contributed by atoms with Crippen molar-refractivity contribution in [3.8, 4) is 0 Å². The molecule has 39 heavy (non-hydrogen) atoms. The molecule has 1 amide bonds. The Labute approximate surface area is 232 Å². The summed E-state index contributed by atoms with van der Waals surface area (Å²) in [5, 5.41) is 7.22. The van der Waals surface area contributed by atoms with Gasteiger partial charge >= 0.3 is 0 Å². The van der Waals surface area contributed by atoms with Crippen LogP contribution in [0.4, 0.5) is 5.82 Å². The van der Waals surface area contributed by atoms with Crippen LogP contribution < -0.4 is 10.6 Å². The van der Waals surface area contributed by atoms with Crippen LogP contribution in [0.15, 0.2) is 30.1 Å². The monoisotopic (exact) mass is 539 g/mol. The fourth-order valence-corrected chi connectivity index (χ4v) is 6.41. The molecule has 2 N–H and O–H groups in total. The Balaban J connectivity index is 1.12. The maximum absolute atomic E-state index is 13.4. The molecule has 9 nitrogen and oxygen atoms in total. The van der Waals surface area contributed by atoms with Crippen LogP contribution in [0.3, 0.4) is 0 Å². The van der Waals surface area contributed by atoms with E-state index in [1.807, 2.05) is 11.8 Å². The molecular formula is C30H45N5O4. The van der Waals surface area contributed by atoms with Crippen LogP contribution in [0.5, 0.6) is 0 Å². The second-order valence-corrected chi connectivity index (χ2v) is 11.5. The SMILES string of the molecule is CO[C@@H]1COCC[C@@H]1NC1CCN(C(=O)c2ncnc(NC[C@H]3CCC[C@@H](C4C=CC=C(C)C4)O3)c2C)CC1. The number of likely N-dealkylation sites (tertiary alicyclic amines) is 1. The summed E-state index contributed by atoms with van der Waals surface area (Å²) >= 11 is 0. The lowest BCUT2D eigenvalue weighted by Gasteiger charge is -2.38. The molecule has 1 aromatic rings. The third kappa shape index (κ3) is 7.06. The highest BCUT2D eigenvalue weighted by Crippen LogP contribution is 2.31. The lowest BCUT2D eigenvalue weighted by atomic mass is 9.86. The lowest BCUT2D eigenvalue weighted by Crippen LogP contribution is -2.54. The number of ether oxygens (including phenoxy) is 3. The Bertz CT molecular complexity index is 1040. The Hall–Kier alpha value is -2.33. The van der Waals surface area contributed by atoms with Crippen molar-refractivity contribution in [2.75, 3.05) is 45.3 Å². The number of nitrogens with one attached hydrogen (secondary N) is 2. The summed E-state index contributed by atoms with van der Waals surface area (Å²) in [6, 6.07) is 0.680. The van der Waals surface area contributed by atoms with Crippen LogP contribution in [-0.4, -0.2) is 91.1 Å². The summed E-state index contributed by atoms with van der Waals surface area (Å²) < 4.78 is 17.7. The first-order valence-electron chi connectivity index (χ1n) is 14.7. The van der Waals surface area contributed by atoms with Crippen molar-refractivity contribution < 1.29 is 19.0 Å². The molecule has 3 saturated heterocycles. The summed E-state index contributed by atoms with van der Waals surface area (Å²) in [6.45, 7) is 7.64. The predicted octanol–water partition coefficient (Wildman–Crippen LogP) is 3.66. The minimum atomic E-state index is -0.0151. The second kappa shape index (κ2) is 13.4. The molecule has 1 unspecified atom stereocenters. The van der Waals surface area contributed by atoms with Crippen LogP contribution in [0.2, 0.25) is 0 Å². The fourth-order valence-electron chi connectivity index (χ4n) is 6.41. The number of aromatic nitrogens is 2. The summed E-state index contributed by atoms with van der Waals surface area (Å²) in [6.07, 6.45) is 15.8. The van der Waals surface area contributed by atoms with Gasteiger partial charge in [0.05, 0.1) is 24.9 Å². The standard InChI is InChI=1S/C30H45N5O4/c1-20-6-4-7-22(16-20)26-9-5-8-24(39-26)17-31-29-21(2)28(32-19-33-29)30(36)35-13-10-23(11-14-35)34-25-12-15-38-18-27(25)37-3/h4,6-7,19,22-27,34H,5,8-18H2,1-3H3,(H,31,32,33)/t22?,24-,25+,26+,27-/m1/s1. The third-order valence-electron chi connectivity index (χ3n) is 8.78. The molecule has 0 spiro atoms. The smallest absolute Gasteiger partial charge is 0.272 e. The van der Waals surface area contributed by atoms with Gasteiger partial charge < -0.3 is 29.7 Å². The van der Waals surface area contributed by atoms with Gasteiger partial charge in [-0.1, -0.05) is 23.8 Å². The van der Waals surface area contributed by atoms with Gasteiger partial charge in [-0.15, -0.1) is 0 Å². The van der Waals surface area contributed by atoms with Gasteiger partial charge in [0.1, 0.15) is 17.8 Å². The average molecular weight is 540 g/mol. The highest BCUT2D eigenvalue weighted by Gasteiger charge is 2.32. The molecule has 5 atom stereocenters. The molecule has 4 aliphatic rings. The molecular weight excluding hydrogens is 494 g/mol. The van der Waals surface area contributed by atoms with Crippen LogP contribution in [0, 0.1) is 12.8 Å². The Kier molecular flexibility index (Phi) is 9.66. The number of rotatable bonds is 8. The van der Waals surface area contributed by atoms with Crippen molar-refractivity contribution in [1.29, 1.82) is 0 Å². The van der Waals surface area contributed by atoms with Crippen LogP contribution in [0.1, 0.15) is 67.9 Å². The van der Waals surface area contributed by atoms with Gasteiger partial charge in [0, 0.05) is 56.9 Å². The normalized spacial score (nSPS) is 30.2. The molecule has 0 radical (unpaired) electrons. The number of carbonyl (C=O) groups excluding carboxylic acids is 1. The van der Waals surface area contributed by atoms with E-state index in [9.17, 15) is 4.79 Å². The Morgan fingerprint density at radius 1 is 1.15 bits per heavy atom. The van der Waals surface area contributed by atoms with Crippen molar-refractivity contribution in [2.24, 2.45) is 5.92 Å². The van der Waals surface area contributed by atoms with E-state index in [-0.39, 0.29) is 24.2 Å². The molecule has 1 aliphatic carbocycles. The fraction of sp³-hybridized carbons (Fsp3) is 0.700. The van der Waals surface area contributed by atoms with Crippen LogP contribution in [0.25, 0.3) is 0 Å². The van der Waals surface area contributed by atoms with Gasteiger partial charge in [-0.25, -0.2) is 9.97 Å². The van der Waals surface area contributed by atoms with Gasteiger partial charge in [-0.05, 0) is 58.8 Å². The molecule has 3 aliphatic heterocycles. The first-order chi connectivity index (χ1) is 19.0. The van der Waals surface area contributed by atoms with Crippen molar-refractivity contribution in [3.05, 3.63) is 41.4 Å². The van der Waals surface area contributed by atoms with Gasteiger partial charge in [-0.3, -0.25) is 4.79 Å². The number of amides is 1. The van der Waals surface area contributed by atoms with E-state index in [1.165, 1.54) is 18.3 Å². The minimum Gasteiger partial charge on any atom is -0.379 e. The topological polar surface area (TPSA) is 97.8 Å². The number of piperidine rings is 1. The third-order valence-corrected chi connectivity index (χ3v) is 8.78. The van der Waals surface area contributed by atoms with Crippen molar-refractivity contribution in [1.82, 2.24) is 20.2 Å². The van der Waals surface area contributed by atoms with Gasteiger partial charge in [-0.2, -0.15) is 0 Å². The molecule has 9 heteroatoms. The van der Waals surface area contributed by atoms with E-state index in [4.69, 9.17) is 14.2 Å². The number of allylic oxidation sites excluding steroid dienone is 3. The number of hydrogen-bond acceptors (Lipinski definition) is 8. The zero-order valence-corrected chi connectivity index (χ0v) is 23.7. The largest absolute Gasteiger partial charge is 0.379 e. The van der Waals surface area contributed by atoms with Crippen molar-refractivity contribution in [2.45, 2.75) is 89.2 Å². The molecule has 4 heterocycles. The number of methoxy groups -OCH3 is 1. The van der Waals surface area contributed by atoms with Gasteiger partial charge in [0.25, 0.3) is 5.91 Å². The minimum absolute atomic E-state index is 0.0151. The summed E-state index contributed by atoms with van der Waals surface area (Å²) in [7, 11) is 1.75. The van der Waals surface area contributed by atoms with Crippen LogP contribution in [-0.2, 0) is 14.2 Å². The molecule has 214 valence electrons. The Morgan fingerprint density at radius 3 is 2.79 bits per heavy atom. The number of anilines is 1. The highest BCUT2D eigenvalue weighted by atomic mass is 16.5. The summed E-state index contributed by atoms with van der Waals surface area (Å²) in [5.74, 6) is 1.16. The number of carbonyl (C=O) groups is 1. The van der Waals surface area contributed by atoms with E-state index in [0.29, 0.717) is 49.9 Å². The number of hydrogen-bond donors (Lipinski definition) is 2. The first-order valence-corrected chi connectivity index (χ1v) is 14.7. The first kappa shape index (κ1) is 28.2. The van der Waals surface area contributed by atoms with E-state index in [1.54, 1.807) is 7.11 Å². The maximum atomic E-state index is 13.4. The second-order valence-electron chi connectivity index (χ2n) is 11.5. The summed E-state index contributed by atoms with van der Waals surface area (Å²) in [4.78, 5) is 24.2. The maximum Gasteiger partial charge on any atom is 0.272 e. The Morgan fingerprint density at radius 2 is 2.00 bits per heavy atom. The van der Waals surface area contributed by atoms with E-state index in [0.717, 1.165) is 56.5 Å². The summed E-state index contributed by atoms with van der Waals surface area (Å²) in [5.41, 5.74) is 2.70. The quantitative estimate of drug-likeness (QED) is 0.517. The molecule has 5 rings (SSSR count). The molecule has 0 aromatic carbocycles. The van der Waals surface area contributed by atoms with Gasteiger partial charge in [0.2, 0.25) is 0 Å². The van der Waals surface area contributed by atoms with E-state index in [2.05, 4.69) is 45.8 Å². The van der Waals surface area contributed by atoms with E-state index >= 15 is 0 Å². The molecule has 1 aromatic heterocycles. The van der Waals surface area contributed by atoms with E-state index < -0.39 is 0 Å². The van der Waals surface area contributed by atoms with Gasteiger partial charge in [0.15, 0.2) is 0 Å². The predicted molar refractivity (Wildman–Crippen MR) is 151 cm³/mol. The lowest BCUT2D eigenvalue weighted by molar-refractivity contribution is -0.0619.